The third-order valence-corrected chi connectivity index (χ3v) is 5.61. The number of ether oxygens (including phenoxy) is 1. The summed E-state index contributed by atoms with van der Waals surface area (Å²) in [7, 11) is 1.32. The number of rotatable bonds is 6. The second-order valence-electron chi connectivity index (χ2n) is 6.28. The van der Waals surface area contributed by atoms with Crippen LogP contribution < -0.4 is 5.32 Å². The number of nitrogens with zero attached hydrogens (tertiary/aromatic N) is 3. The predicted molar refractivity (Wildman–Crippen MR) is 113 cm³/mol. The first-order valence-electron chi connectivity index (χ1n) is 8.60. The van der Waals surface area contributed by atoms with Crippen LogP contribution in [-0.2, 0) is 27.2 Å². The van der Waals surface area contributed by atoms with Gasteiger partial charge in [0.1, 0.15) is 0 Å². The number of carbonyl (C=O) groups excluding carboxylic acids is 2. The molecule has 2 aromatic heterocycles. The summed E-state index contributed by atoms with van der Waals surface area (Å²) in [6.07, 6.45) is 0.199. The van der Waals surface area contributed by atoms with Crippen molar-refractivity contribution in [1.82, 2.24) is 14.8 Å². The monoisotopic (exact) mass is 452 g/mol. The van der Waals surface area contributed by atoms with Crippen molar-refractivity contribution < 1.29 is 14.3 Å². The summed E-state index contributed by atoms with van der Waals surface area (Å²) >= 11 is 13.5. The van der Waals surface area contributed by atoms with Gasteiger partial charge in [-0.1, -0.05) is 23.2 Å². The number of aryl methyl sites for hydroxylation is 1. The molecule has 1 N–H and O–H groups in total. The third-order valence-electron chi connectivity index (χ3n) is 4.27. The summed E-state index contributed by atoms with van der Waals surface area (Å²) in [5.74, 6) is -0.607. The molecule has 3 aromatic rings. The summed E-state index contributed by atoms with van der Waals surface area (Å²) in [4.78, 5) is 28.1. The predicted octanol–water partition coefficient (Wildman–Crippen LogP) is 4.15. The number of esters is 1. The quantitative estimate of drug-likeness (QED) is 0.567. The van der Waals surface area contributed by atoms with Gasteiger partial charge in [-0.2, -0.15) is 5.10 Å². The standard InChI is InChI=1S/C19H18Cl2N4O3S/c1-10-14(11(2)25(24-10)16-5-4-12(20)6-15(16)21)8-17(26)23-19-22-13(9-29-19)7-18(27)28-3/h4-6,9H,7-8H2,1-3H3,(H,22,23,26). The topological polar surface area (TPSA) is 86.1 Å². The van der Waals surface area contributed by atoms with Crippen molar-refractivity contribution in [1.29, 1.82) is 0 Å². The molecule has 0 fully saturated rings. The fraction of sp³-hybridized carbons (Fsp3) is 0.263. The molecule has 1 amide bonds. The van der Waals surface area contributed by atoms with E-state index in [2.05, 4.69) is 20.1 Å². The van der Waals surface area contributed by atoms with E-state index in [1.165, 1.54) is 18.4 Å². The fourth-order valence-electron chi connectivity index (χ4n) is 2.81. The van der Waals surface area contributed by atoms with Gasteiger partial charge in [0.25, 0.3) is 0 Å². The second-order valence-corrected chi connectivity index (χ2v) is 7.98. The summed E-state index contributed by atoms with van der Waals surface area (Å²) in [5.41, 5.74) is 3.59. The summed E-state index contributed by atoms with van der Waals surface area (Å²) < 4.78 is 6.32. The van der Waals surface area contributed by atoms with Gasteiger partial charge in [0.2, 0.25) is 5.91 Å². The van der Waals surface area contributed by atoms with Crippen molar-refractivity contribution >= 4 is 51.5 Å². The second kappa shape index (κ2) is 8.94. The minimum Gasteiger partial charge on any atom is -0.469 e. The number of halogens is 2. The van der Waals surface area contributed by atoms with Crippen LogP contribution in [-0.4, -0.2) is 33.8 Å². The lowest BCUT2D eigenvalue weighted by Crippen LogP contribution is -2.15. The zero-order chi connectivity index (χ0) is 21.1. The fourth-order valence-corrected chi connectivity index (χ4v) is 4.02. The largest absolute Gasteiger partial charge is 0.469 e. The highest BCUT2D eigenvalue weighted by Gasteiger charge is 2.18. The number of anilines is 1. The molecule has 0 aliphatic carbocycles. The molecule has 29 heavy (non-hydrogen) atoms. The number of hydrogen-bond acceptors (Lipinski definition) is 6. The molecule has 0 radical (unpaired) electrons. The van der Waals surface area contributed by atoms with Gasteiger partial charge in [0.05, 0.1) is 42.0 Å². The molecule has 3 rings (SSSR count). The Hall–Kier alpha value is -2.42. The van der Waals surface area contributed by atoms with Crippen LogP contribution in [0.3, 0.4) is 0 Å². The maximum Gasteiger partial charge on any atom is 0.311 e. The van der Waals surface area contributed by atoms with Gasteiger partial charge in [0.15, 0.2) is 5.13 Å². The van der Waals surface area contributed by atoms with Crippen LogP contribution in [0.15, 0.2) is 23.6 Å². The molecule has 0 bridgehead atoms. The minimum absolute atomic E-state index is 0.0652. The molecule has 152 valence electrons. The molecule has 1 aromatic carbocycles. The van der Waals surface area contributed by atoms with E-state index in [0.717, 1.165) is 17.0 Å². The zero-order valence-corrected chi connectivity index (χ0v) is 18.3. The highest BCUT2D eigenvalue weighted by molar-refractivity contribution is 7.13. The maximum atomic E-state index is 12.5. The van der Waals surface area contributed by atoms with E-state index in [1.54, 1.807) is 28.3 Å². The van der Waals surface area contributed by atoms with Gasteiger partial charge in [-0.15, -0.1) is 11.3 Å². The molecule has 0 unspecified atom stereocenters. The van der Waals surface area contributed by atoms with Crippen LogP contribution in [0.5, 0.6) is 0 Å². The SMILES string of the molecule is COC(=O)Cc1csc(NC(=O)Cc2c(C)nn(-c3ccc(Cl)cc3Cl)c2C)n1. The van der Waals surface area contributed by atoms with E-state index < -0.39 is 0 Å². The average molecular weight is 453 g/mol. The van der Waals surface area contributed by atoms with Gasteiger partial charge in [-0.05, 0) is 32.0 Å². The Bertz CT molecular complexity index is 1080. The minimum atomic E-state index is -0.382. The molecule has 0 aliphatic heterocycles. The maximum absolute atomic E-state index is 12.5. The molecule has 2 heterocycles. The summed E-state index contributed by atoms with van der Waals surface area (Å²) in [6, 6.07) is 5.17. The molecule has 0 spiro atoms. The number of aromatic nitrogens is 3. The molecule has 0 atom stereocenters. The summed E-state index contributed by atoms with van der Waals surface area (Å²) in [5, 5.41) is 10.4. The van der Waals surface area contributed by atoms with E-state index in [-0.39, 0.29) is 24.7 Å². The molecule has 0 saturated carbocycles. The molecule has 0 aliphatic rings. The van der Waals surface area contributed by atoms with Crippen LogP contribution in [0.4, 0.5) is 5.13 Å². The Morgan fingerprint density at radius 1 is 1.24 bits per heavy atom. The normalized spacial score (nSPS) is 10.8. The molecular formula is C19H18Cl2N4O3S. The van der Waals surface area contributed by atoms with E-state index in [1.807, 2.05) is 13.8 Å². The van der Waals surface area contributed by atoms with Gasteiger partial charge < -0.3 is 10.1 Å². The number of hydrogen-bond donors (Lipinski definition) is 1. The molecule has 7 nitrogen and oxygen atoms in total. The Morgan fingerprint density at radius 2 is 2.00 bits per heavy atom. The molecular weight excluding hydrogens is 435 g/mol. The van der Waals surface area contributed by atoms with Crippen LogP contribution in [0.2, 0.25) is 10.0 Å². The van der Waals surface area contributed by atoms with Gasteiger partial charge >= 0.3 is 5.97 Å². The molecule has 0 saturated heterocycles. The first kappa shape index (κ1) is 21.3. The van der Waals surface area contributed by atoms with Crippen molar-refractivity contribution in [3.8, 4) is 5.69 Å². The first-order valence-corrected chi connectivity index (χ1v) is 10.2. The highest BCUT2D eigenvalue weighted by Crippen LogP contribution is 2.27. The average Bonchev–Trinajstić information content (AvgIpc) is 3.20. The Labute approximate surface area is 181 Å². The highest BCUT2D eigenvalue weighted by atomic mass is 35.5. The Morgan fingerprint density at radius 3 is 2.69 bits per heavy atom. The van der Waals surface area contributed by atoms with Crippen LogP contribution in [0, 0.1) is 13.8 Å². The number of thiazole rings is 1. The number of methoxy groups -OCH3 is 1. The van der Waals surface area contributed by atoms with E-state index in [4.69, 9.17) is 23.2 Å². The van der Waals surface area contributed by atoms with Gasteiger partial charge in [-0.3, -0.25) is 9.59 Å². The van der Waals surface area contributed by atoms with Gasteiger partial charge in [0, 0.05) is 21.7 Å². The van der Waals surface area contributed by atoms with E-state index >= 15 is 0 Å². The van der Waals surface area contributed by atoms with Crippen molar-refractivity contribution in [2.24, 2.45) is 0 Å². The number of carbonyl (C=O) groups is 2. The van der Waals surface area contributed by atoms with Crippen LogP contribution in [0.25, 0.3) is 5.69 Å². The first-order chi connectivity index (χ1) is 13.8. The lowest BCUT2D eigenvalue weighted by molar-refractivity contribution is -0.139. The van der Waals surface area contributed by atoms with Gasteiger partial charge in [-0.25, -0.2) is 9.67 Å². The van der Waals surface area contributed by atoms with E-state index in [0.29, 0.717) is 26.6 Å². The number of amides is 1. The molecule has 10 heteroatoms. The lowest BCUT2D eigenvalue weighted by Gasteiger charge is -2.08. The smallest absolute Gasteiger partial charge is 0.311 e. The van der Waals surface area contributed by atoms with Crippen LogP contribution >= 0.6 is 34.5 Å². The number of benzene rings is 1. The lowest BCUT2D eigenvalue weighted by atomic mass is 10.1. The third kappa shape index (κ3) is 4.95. The zero-order valence-electron chi connectivity index (χ0n) is 16.0. The van der Waals surface area contributed by atoms with Crippen molar-refractivity contribution in [2.75, 3.05) is 12.4 Å². The van der Waals surface area contributed by atoms with Crippen molar-refractivity contribution in [3.63, 3.8) is 0 Å². The van der Waals surface area contributed by atoms with Crippen LogP contribution in [0.1, 0.15) is 22.6 Å². The van der Waals surface area contributed by atoms with Crippen molar-refractivity contribution in [3.05, 3.63) is 56.3 Å². The van der Waals surface area contributed by atoms with Crippen molar-refractivity contribution in [2.45, 2.75) is 26.7 Å². The summed E-state index contributed by atoms with van der Waals surface area (Å²) in [6.45, 7) is 3.72. The van der Waals surface area contributed by atoms with E-state index in [9.17, 15) is 9.59 Å². The Kier molecular flexibility index (Phi) is 6.56. The number of nitrogens with one attached hydrogen (secondary N) is 1. The Balaban J connectivity index is 1.74.